The van der Waals surface area contributed by atoms with Crippen LogP contribution in [0.3, 0.4) is 0 Å². The van der Waals surface area contributed by atoms with Crippen LogP contribution in [0.15, 0.2) is 0 Å². The van der Waals surface area contributed by atoms with E-state index in [0.717, 1.165) is 18.2 Å². The van der Waals surface area contributed by atoms with Crippen LogP contribution in [0.1, 0.15) is 26.7 Å². The number of carbonyl (C=O) groups is 1. The van der Waals surface area contributed by atoms with Gasteiger partial charge in [-0.05, 0) is 12.8 Å². The molecule has 0 heterocycles. The van der Waals surface area contributed by atoms with Crippen LogP contribution >= 0.6 is 47.8 Å². The van der Waals surface area contributed by atoms with Crippen LogP contribution in [0.2, 0.25) is 0 Å². The fraction of sp³-hybridized carbons (Fsp3) is 0.900. The highest BCUT2D eigenvalue weighted by Gasteiger charge is 2.73. The van der Waals surface area contributed by atoms with Crippen molar-refractivity contribution in [3.63, 3.8) is 0 Å². The standard InChI is InChI=1S/C10H13Br3O/c1-8(2)7(14)10(13)4-3-9(8,5-11)6(10)12/h6H,3-5H2,1-2H3. The maximum absolute atomic E-state index is 12.3. The van der Waals surface area contributed by atoms with Gasteiger partial charge in [-0.1, -0.05) is 61.6 Å². The molecule has 80 valence electrons. The summed E-state index contributed by atoms with van der Waals surface area (Å²) in [5, 5.41) is 0.891. The lowest BCUT2D eigenvalue weighted by Crippen LogP contribution is -2.43. The fourth-order valence-corrected chi connectivity index (χ4v) is 7.27. The van der Waals surface area contributed by atoms with Gasteiger partial charge in [0.05, 0.1) is 4.32 Å². The first kappa shape index (κ1) is 11.6. The van der Waals surface area contributed by atoms with Crippen molar-refractivity contribution < 1.29 is 4.79 Å². The van der Waals surface area contributed by atoms with Gasteiger partial charge in [0.25, 0.3) is 0 Å². The first-order chi connectivity index (χ1) is 6.33. The Morgan fingerprint density at radius 1 is 1.43 bits per heavy atom. The van der Waals surface area contributed by atoms with Crippen molar-refractivity contribution in [2.24, 2.45) is 10.8 Å². The Bertz CT molecular complexity index is 302. The third-order valence-corrected chi connectivity index (χ3v) is 8.74. The number of hydrogen-bond donors (Lipinski definition) is 0. The van der Waals surface area contributed by atoms with Gasteiger partial charge in [-0.15, -0.1) is 0 Å². The highest BCUT2D eigenvalue weighted by molar-refractivity contribution is 9.13. The minimum absolute atomic E-state index is 0.0770. The molecule has 3 unspecified atom stereocenters. The summed E-state index contributed by atoms with van der Waals surface area (Å²) in [6.45, 7) is 4.15. The van der Waals surface area contributed by atoms with Crippen molar-refractivity contribution in [1.82, 2.24) is 0 Å². The first-order valence-electron chi connectivity index (χ1n) is 4.77. The molecule has 0 aromatic heterocycles. The van der Waals surface area contributed by atoms with Gasteiger partial charge in [-0.3, -0.25) is 4.79 Å². The van der Waals surface area contributed by atoms with Crippen LogP contribution in [-0.2, 0) is 4.79 Å². The van der Waals surface area contributed by atoms with Gasteiger partial charge in [-0.2, -0.15) is 0 Å². The molecule has 2 bridgehead atoms. The Balaban J connectivity index is 2.58. The lowest BCUT2D eigenvalue weighted by atomic mass is 9.65. The lowest BCUT2D eigenvalue weighted by molar-refractivity contribution is -0.131. The molecule has 0 aromatic rings. The molecule has 2 aliphatic carbocycles. The molecular weight excluding hydrogens is 376 g/mol. The predicted octanol–water partition coefficient (Wildman–Crippen LogP) is 3.67. The van der Waals surface area contributed by atoms with E-state index in [4.69, 9.17) is 0 Å². The van der Waals surface area contributed by atoms with E-state index in [-0.39, 0.29) is 20.0 Å². The Morgan fingerprint density at radius 3 is 2.29 bits per heavy atom. The molecule has 1 nitrogen and oxygen atoms in total. The minimum Gasteiger partial charge on any atom is -0.297 e. The molecule has 0 aromatic carbocycles. The van der Waals surface area contributed by atoms with Crippen LogP contribution in [0.25, 0.3) is 0 Å². The van der Waals surface area contributed by atoms with Crippen molar-refractivity contribution in [3.05, 3.63) is 0 Å². The maximum Gasteiger partial charge on any atom is 0.156 e. The third-order valence-electron chi connectivity index (χ3n) is 4.25. The lowest BCUT2D eigenvalue weighted by Gasteiger charge is -2.40. The Labute approximate surface area is 110 Å². The van der Waals surface area contributed by atoms with E-state index >= 15 is 0 Å². The SMILES string of the molecule is CC1(C)C(=O)C2(Br)CCC1(CBr)C2Br. The van der Waals surface area contributed by atoms with Crippen molar-refractivity contribution in [2.45, 2.75) is 35.8 Å². The second kappa shape index (κ2) is 3.07. The highest BCUT2D eigenvalue weighted by Crippen LogP contribution is 2.69. The number of hydrogen-bond acceptors (Lipinski definition) is 1. The van der Waals surface area contributed by atoms with E-state index in [1.54, 1.807) is 0 Å². The van der Waals surface area contributed by atoms with E-state index in [0.29, 0.717) is 5.78 Å². The quantitative estimate of drug-likeness (QED) is 0.626. The number of ketones is 1. The molecule has 14 heavy (non-hydrogen) atoms. The summed E-state index contributed by atoms with van der Waals surface area (Å²) >= 11 is 11.0. The predicted molar refractivity (Wildman–Crippen MR) is 68.6 cm³/mol. The molecule has 0 N–H and O–H groups in total. The van der Waals surface area contributed by atoms with Crippen molar-refractivity contribution in [2.75, 3.05) is 5.33 Å². The van der Waals surface area contributed by atoms with E-state index in [1.165, 1.54) is 0 Å². The van der Waals surface area contributed by atoms with Gasteiger partial charge in [0.2, 0.25) is 0 Å². The number of Topliss-reactive ketones (excluding diaryl/α,β-unsaturated/α-hetero) is 1. The molecule has 0 amide bonds. The van der Waals surface area contributed by atoms with Crippen molar-refractivity contribution in [1.29, 1.82) is 0 Å². The number of rotatable bonds is 1. The van der Waals surface area contributed by atoms with Crippen LogP contribution in [0.5, 0.6) is 0 Å². The average molecular weight is 389 g/mol. The van der Waals surface area contributed by atoms with E-state index in [1.807, 2.05) is 0 Å². The minimum atomic E-state index is -0.315. The molecule has 0 radical (unpaired) electrons. The molecular formula is C10H13Br3O. The van der Waals surface area contributed by atoms with Crippen LogP contribution < -0.4 is 0 Å². The van der Waals surface area contributed by atoms with Gasteiger partial charge in [-0.25, -0.2) is 0 Å². The van der Waals surface area contributed by atoms with Gasteiger partial charge < -0.3 is 0 Å². The highest BCUT2D eigenvalue weighted by atomic mass is 79.9. The summed E-state index contributed by atoms with van der Waals surface area (Å²) in [6, 6.07) is 0. The Morgan fingerprint density at radius 2 is 2.00 bits per heavy atom. The monoisotopic (exact) mass is 386 g/mol. The van der Waals surface area contributed by atoms with Crippen LogP contribution in [0, 0.1) is 10.8 Å². The van der Waals surface area contributed by atoms with Crippen LogP contribution in [0.4, 0.5) is 0 Å². The zero-order chi connectivity index (χ0) is 10.8. The largest absolute Gasteiger partial charge is 0.297 e. The summed E-state index contributed by atoms with van der Waals surface area (Å²) < 4.78 is -0.315. The molecule has 2 aliphatic rings. The van der Waals surface area contributed by atoms with Gasteiger partial charge >= 0.3 is 0 Å². The van der Waals surface area contributed by atoms with Gasteiger partial charge in [0, 0.05) is 21.0 Å². The van der Waals surface area contributed by atoms with Gasteiger partial charge in [0.15, 0.2) is 5.78 Å². The molecule has 2 saturated carbocycles. The summed E-state index contributed by atoms with van der Waals surface area (Å²) in [7, 11) is 0. The first-order valence-corrected chi connectivity index (χ1v) is 7.60. The number of carbonyl (C=O) groups excluding carboxylic acids is 1. The molecule has 2 rings (SSSR count). The topological polar surface area (TPSA) is 17.1 Å². The molecule has 3 atom stereocenters. The molecule has 0 aliphatic heterocycles. The van der Waals surface area contributed by atoms with Gasteiger partial charge in [0.1, 0.15) is 0 Å². The number of fused-ring (bicyclic) bond motifs is 2. The smallest absolute Gasteiger partial charge is 0.156 e. The average Bonchev–Trinajstić information content (AvgIpc) is 2.45. The number of halogens is 3. The zero-order valence-corrected chi connectivity index (χ0v) is 13.0. The summed E-state index contributed by atoms with van der Waals surface area (Å²) in [6.07, 6.45) is 2.06. The van der Waals surface area contributed by atoms with Crippen molar-refractivity contribution in [3.8, 4) is 0 Å². The zero-order valence-electron chi connectivity index (χ0n) is 8.24. The fourth-order valence-electron chi connectivity index (χ4n) is 3.00. The Hall–Kier alpha value is 1.11. The van der Waals surface area contributed by atoms with Crippen molar-refractivity contribution >= 4 is 53.6 Å². The number of alkyl halides is 3. The molecule has 2 fully saturated rings. The van der Waals surface area contributed by atoms with E-state index in [9.17, 15) is 4.79 Å². The summed E-state index contributed by atoms with van der Waals surface area (Å²) in [5.41, 5.74) is -0.153. The van der Waals surface area contributed by atoms with Crippen LogP contribution in [-0.4, -0.2) is 20.3 Å². The second-order valence-corrected chi connectivity index (χ2v) is 7.86. The third kappa shape index (κ3) is 0.988. The normalized spacial score (nSPS) is 50.1. The van der Waals surface area contributed by atoms with E-state index in [2.05, 4.69) is 61.6 Å². The molecule has 4 heteroatoms. The summed E-state index contributed by atoms with van der Waals surface area (Å²) in [5.74, 6) is 0.359. The summed E-state index contributed by atoms with van der Waals surface area (Å²) in [4.78, 5) is 12.5. The maximum atomic E-state index is 12.3. The second-order valence-electron chi connectivity index (χ2n) is 4.97. The molecule has 0 spiro atoms. The van der Waals surface area contributed by atoms with E-state index < -0.39 is 0 Å². The Kier molecular flexibility index (Phi) is 2.54. The molecule has 0 saturated heterocycles.